The van der Waals surface area contributed by atoms with Crippen LogP contribution in [0.3, 0.4) is 0 Å². The first kappa shape index (κ1) is 17.6. The molecule has 0 saturated heterocycles. The highest BCUT2D eigenvalue weighted by molar-refractivity contribution is 6.09. The number of hydrogen-bond acceptors (Lipinski definition) is 3. The van der Waals surface area contributed by atoms with Gasteiger partial charge < -0.3 is 4.74 Å². The highest BCUT2D eigenvalue weighted by Crippen LogP contribution is 2.30. The standard InChI is InChI=1S/C20H19FO3/c1-3-17(14-9-6-5-7-10-14)18(20(23)24-4-2)19(22)15-11-8-12-16(21)13-15/h3,5-13,17-18H,1,4H2,2H3/t17-,18+/m0/s1. The molecule has 0 bridgehead atoms. The van der Waals surface area contributed by atoms with Gasteiger partial charge in [0.25, 0.3) is 0 Å². The summed E-state index contributed by atoms with van der Waals surface area (Å²) in [6, 6.07) is 14.4. The summed E-state index contributed by atoms with van der Waals surface area (Å²) in [5, 5.41) is 0. The van der Waals surface area contributed by atoms with Crippen LogP contribution in [0, 0.1) is 11.7 Å². The minimum absolute atomic E-state index is 0.135. The summed E-state index contributed by atoms with van der Waals surface area (Å²) in [6.45, 7) is 5.59. The third-order valence-corrected chi connectivity index (χ3v) is 3.73. The van der Waals surface area contributed by atoms with Crippen LogP contribution in [-0.2, 0) is 9.53 Å². The van der Waals surface area contributed by atoms with E-state index in [9.17, 15) is 14.0 Å². The molecule has 0 fully saturated rings. The fourth-order valence-electron chi connectivity index (χ4n) is 2.61. The topological polar surface area (TPSA) is 43.4 Å². The van der Waals surface area contributed by atoms with Crippen LogP contribution in [0.4, 0.5) is 4.39 Å². The number of esters is 1. The fourth-order valence-corrected chi connectivity index (χ4v) is 2.61. The molecule has 0 aliphatic rings. The van der Waals surface area contributed by atoms with Gasteiger partial charge >= 0.3 is 5.97 Å². The molecule has 0 aromatic heterocycles. The Labute approximate surface area is 140 Å². The van der Waals surface area contributed by atoms with Crippen LogP contribution in [0.15, 0.2) is 67.3 Å². The van der Waals surface area contributed by atoms with Crippen molar-refractivity contribution in [2.24, 2.45) is 5.92 Å². The van der Waals surface area contributed by atoms with Crippen LogP contribution >= 0.6 is 0 Å². The second kappa shape index (κ2) is 8.20. The Balaban J connectivity index is 2.45. The molecule has 2 aromatic rings. The molecule has 4 heteroatoms. The van der Waals surface area contributed by atoms with E-state index in [1.54, 1.807) is 13.0 Å². The van der Waals surface area contributed by atoms with E-state index in [0.29, 0.717) is 0 Å². The Kier molecular flexibility index (Phi) is 6.01. The van der Waals surface area contributed by atoms with Crippen molar-refractivity contribution in [3.05, 3.63) is 84.2 Å². The van der Waals surface area contributed by atoms with Gasteiger partial charge in [0, 0.05) is 11.5 Å². The molecule has 0 aliphatic carbocycles. The molecule has 3 nitrogen and oxygen atoms in total. The van der Waals surface area contributed by atoms with Crippen LogP contribution < -0.4 is 0 Å². The Morgan fingerprint density at radius 1 is 1.17 bits per heavy atom. The molecule has 124 valence electrons. The lowest BCUT2D eigenvalue weighted by atomic mass is 9.81. The Hall–Kier alpha value is -2.75. The van der Waals surface area contributed by atoms with Crippen molar-refractivity contribution in [2.45, 2.75) is 12.8 Å². The Morgan fingerprint density at radius 3 is 2.46 bits per heavy atom. The van der Waals surface area contributed by atoms with Crippen LogP contribution in [-0.4, -0.2) is 18.4 Å². The molecule has 0 heterocycles. The van der Waals surface area contributed by atoms with E-state index in [1.165, 1.54) is 18.2 Å². The average Bonchev–Trinajstić information content (AvgIpc) is 2.60. The van der Waals surface area contributed by atoms with Crippen LogP contribution in [0.2, 0.25) is 0 Å². The van der Waals surface area contributed by atoms with E-state index in [4.69, 9.17) is 4.74 Å². The quantitative estimate of drug-likeness (QED) is 0.332. The molecule has 0 radical (unpaired) electrons. The lowest BCUT2D eigenvalue weighted by Crippen LogP contribution is -2.31. The van der Waals surface area contributed by atoms with E-state index in [-0.39, 0.29) is 12.2 Å². The van der Waals surface area contributed by atoms with Crippen molar-refractivity contribution in [1.29, 1.82) is 0 Å². The molecule has 0 spiro atoms. The van der Waals surface area contributed by atoms with Crippen molar-refractivity contribution in [1.82, 2.24) is 0 Å². The fraction of sp³-hybridized carbons (Fsp3) is 0.200. The maximum absolute atomic E-state index is 13.5. The molecular weight excluding hydrogens is 307 g/mol. The maximum Gasteiger partial charge on any atom is 0.317 e. The first-order chi connectivity index (χ1) is 11.6. The number of ketones is 1. The number of benzene rings is 2. The van der Waals surface area contributed by atoms with Gasteiger partial charge in [0.05, 0.1) is 6.61 Å². The van der Waals surface area contributed by atoms with Crippen molar-refractivity contribution in [2.75, 3.05) is 6.61 Å². The number of allylic oxidation sites excluding steroid dienone is 1. The van der Waals surface area contributed by atoms with Gasteiger partial charge in [0.2, 0.25) is 0 Å². The molecule has 0 saturated carbocycles. The Bertz CT molecular complexity index is 725. The molecule has 0 N–H and O–H groups in total. The maximum atomic E-state index is 13.5. The predicted molar refractivity (Wildman–Crippen MR) is 90.2 cm³/mol. The average molecular weight is 326 g/mol. The van der Waals surface area contributed by atoms with E-state index in [1.807, 2.05) is 30.3 Å². The summed E-state index contributed by atoms with van der Waals surface area (Å²) < 4.78 is 18.5. The summed E-state index contributed by atoms with van der Waals surface area (Å²) in [7, 11) is 0. The summed E-state index contributed by atoms with van der Waals surface area (Å²) >= 11 is 0. The number of halogens is 1. The SMILES string of the molecule is C=C[C@@H](c1ccccc1)[C@@H](C(=O)OCC)C(=O)c1cccc(F)c1. The number of carbonyl (C=O) groups is 2. The highest BCUT2D eigenvalue weighted by Gasteiger charge is 2.36. The van der Waals surface area contributed by atoms with Gasteiger partial charge in [-0.15, -0.1) is 6.58 Å². The number of carbonyl (C=O) groups excluding carboxylic acids is 2. The lowest BCUT2D eigenvalue weighted by molar-refractivity contribution is -0.146. The van der Waals surface area contributed by atoms with Gasteiger partial charge in [-0.2, -0.15) is 0 Å². The summed E-state index contributed by atoms with van der Waals surface area (Å²) in [4.78, 5) is 25.3. The molecule has 0 amide bonds. The summed E-state index contributed by atoms with van der Waals surface area (Å²) in [5.41, 5.74) is 0.908. The molecular formula is C20H19FO3. The molecule has 0 aliphatic heterocycles. The zero-order valence-corrected chi connectivity index (χ0v) is 13.4. The minimum atomic E-state index is -1.10. The molecule has 0 unspecified atom stereocenters. The van der Waals surface area contributed by atoms with Crippen LogP contribution in [0.25, 0.3) is 0 Å². The monoisotopic (exact) mass is 326 g/mol. The lowest BCUT2D eigenvalue weighted by Gasteiger charge is -2.22. The normalized spacial score (nSPS) is 12.9. The molecule has 24 heavy (non-hydrogen) atoms. The van der Waals surface area contributed by atoms with Gasteiger partial charge in [-0.1, -0.05) is 48.5 Å². The summed E-state index contributed by atoms with van der Waals surface area (Å²) in [6.07, 6.45) is 1.55. The first-order valence-electron chi connectivity index (χ1n) is 7.72. The second-order valence-corrected chi connectivity index (χ2v) is 5.28. The number of hydrogen-bond donors (Lipinski definition) is 0. The van der Waals surface area contributed by atoms with Crippen LogP contribution in [0.5, 0.6) is 0 Å². The smallest absolute Gasteiger partial charge is 0.317 e. The van der Waals surface area contributed by atoms with Crippen molar-refractivity contribution < 1.29 is 18.7 Å². The van der Waals surface area contributed by atoms with Gasteiger partial charge in [-0.25, -0.2) is 4.39 Å². The van der Waals surface area contributed by atoms with E-state index in [0.717, 1.165) is 11.6 Å². The van der Waals surface area contributed by atoms with Gasteiger partial charge in [-0.05, 0) is 24.6 Å². The zero-order valence-electron chi connectivity index (χ0n) is 13.4. The van der Waals surface area contributed by atoms with Gasteiger partial charge in [0.15, 0.2) is 5.78 Å². The Morgan fingerprint density at radius 2 is 1.88 bits per heavy atom. The van der Waals surface area contributed by atoms with E-state index in [2.05, 4.69) is 6.58 Å². The van der Waals surface area contributed by atoms with Gasteiger partial charge in [-0.3, -0.25) is 9.59 Å². The van der Waals surface area contributed by atoms with Crippen molar-refractivity contribution >= 4 is 11.8 Å². The second-order valence-electron chi connectivity index (χ2n) is 5.28. The third kappa shape index (κ3) is 3.96. The summed E-state index contributed by atoms with van der Waals surface area (Å²) in [5.74, 6) is -3.31. The predicted octanol–water partition coefficient (Wildman–Crippen LogP) is 4.16. The number of Topliss-reactive ketones (excluding diaryl/α,β-unsaturated/α-hetero) is 1. The van der Waals surface area contributed by atoms with Gasteiger partial charge in [0.1, 0.15) is 11.7 Å². The zero-order chi connectivity index (χ0) is 17.5. The molecule has 2 rings (SSSR count). The molecule has 2 aromatic carbocycles. The van der Waals surface area contributed by atoms with E-state index >= 15 is 0 Å². The van der Waals surface area contributed by atoms with Crippen LogP contribution in [0.1, 0.15) is 28.8 Å². The largest absolute Gasteiger partial charge is 0.465 e. The number of rotatable bonds is 7. The third-order valence-electron chi connectivity index (χ3n) is 3.73. The first-order valence-corrected chi connectivity index (χ1v) is 7.72. The molecule has 2 atom stereocenters. The minimum Gasteiger partial charge on any atom is -0.465 e. The van der Waals surface area contributed by atoms with Crippen molar-refractivity contribution in [3.63, 3.8) is 0 Å². The number of ether oxygens (including phenoxy) is 1. The van der Waals surface area contributed by atoms with Crippen molar-refractivity contribution in [3.8, 4) is 0 Å². The van der Waals surface area contributed by atoms with E-state index < -0.39 is 29.4 Å². The highest BCUT2D eigenvalue weighted by atomic mass is 19.1.